The summed E-state index contributed by atoms with van der Waals surface area (Å²) in [4.78, 5) is 12.1. The van der Waals surface area contributed by atoms with Gasteiger partial charge in [0, 0.05) is 18.5 Å². The van der Waals surface area contributed by atoms with Crippen molar-refractivity contribution >= 4 is 27.5 Å². The molecule has 9 heteroatoms. The molecule has 2 heterocycles. The summed E-state index contributed by atoms with van der Waals surface area (Å²) >= 11 is 1.32. The summed E-state index contributed by atoms with van der Waals surface area (Å²) in [6.45, 7) is 9.87. The van der Waals surface area contributed by atoms with Crippen molar-refractivity contribution in [2.24, 2.45) is 0 Å². The van der Waals surface area contributed by atoms with E-state index in [1.54, 1.807) is 6.08 Å². The van der Waals surface area contributed by atoms with Crippen LogP contribution in [0.15, 0.2) is 17.8 Å². The minimum Gasteiger partial charge on any atom is -0.353 e. The van der Waals surface area contributed by atoms with Gasteiger partial charge in [0.25, 0.3) is 0 Å². The lowest BCUT2D eigenvalue weighted by Crippen LogP contribution is -2.36. The number of thioether (sulfide) groups is 1. The lowest BCUT2D eigenvalue weighted by Gasteiger charge is -2.15. The monoisotopic (exact) mass is 372 g/mol. The third kappa shape index (κ3) is 4.60. The van der Waals surface area contributed by atoms with Crippen molar-refractivity contribution < 1.29 is 13.2 Å². The van der Waals surface area contributed by atoms with E-state index in [9.17, 15) is 13.2 Å². The number of hydrogen-bond donors (Lipinski definition) is 1. The first-order chi connectivity index (χ1) is 11.2. The van der Waals surface area contributed by atoms with Gasteiger partial charge in [0.05, 0.1) is 16.8 Å². The van der Waals surface area contributed by atoms with Crippen LogP contribution >= 0.6 is 11.8 Å². The summed E-state index contributed by atoms with van der Waals surface area (Å²) in [5.74, 6) is 0.754. The molecule has 1 amide bonds. The fraction of sp³-hybridized carbons (Fsp3) is 0.667. The molecule has 0 spiro atoms. The summed E-state index contributed by atoms with van der Waals surface area (Å²) in [7, 11) is -2.99. The zero-order chi connectivity index (χ0) is 17.9. The van der Waals surface area contributed by atoms with Gasteiger partial charge in [0.15, 0.2) is 15.0 Å². The number of aromatic nitrogens is 3. The Bertz CT molecular complexity index is 712. The Morgan fingerprint density at radius 1 is 1.46 bits per heavy atom. The zero-order valence-electron chi connectivity index (χ0n) is 14.2. The van der Waals surface area contributed by atoms with E-state index in [2.05, 4.69) is 22.1 Å². The number of allylic oxidation sites excluding steroid dienone is 1. The van der Waals surface area contributed by atoms with Gasteiger partial charge in [0.1, 0.15) is 5.82 Å². The minimum absolute atomic E-state index is 0.0619. The second kappa shape index (κ2) is 7.69. The molecule has 1 saturated heterocycles. The van der Waals surface area contributed by atoms with E-state index in [0.717, 1.165) is 0 Å². The number of carbonyl (C=O) groups is 1. The Labute approximate surface area is 147 Å². The lowest BCUT2D eigenvalue weighted by atomic mass is 10.1. The summed E-state index contributed by atoms with van der Waals surface area (Å²) < 4.78 is 25.3. The predicted molar refractivity (Wildman–Crippen MR) is 94.8 cm³/mol. The molecule has 0 radical (unpaired) electrons. The quantitative estimate of drug-likeness (QED) is 0.574. The molecule has 0 saturated carbocycles. The van der Waals surface area contributed by atoms with E-state index in [-0.39, 0.29) is 34.6 Å². The summed E-state index contributed by atoms with van der Waals surface area (Å²) in [6.07, 6.45) is 2.28. The fourth-order valence-electron chi connectivity index (χ4n) is 2.60. The van der Waals surface area contributed by atoms with Crippen LogP contribution in [-0.2, 0) is 21.2 Å². The normalized spacial score (nSPS) is 20.9. The zero-order valence-corrected chi connectivity index (χ0v) is 15.9. The molecule has 0 aromatic carbocycles. The van der Waals surface area contributed by atoms with E-state index in [1.165, 1.54) is 11.8 Å². The van der Waals surface area contributed by atoms with Gasteiger partial charge in [-0.3, -0.25) is 4.79 Å². The SMILES string of the molecule is C=CCn1c(S[C@@H](C)C(=O)NC(C)C)nnc1[C@H]1CCS(=O)(=O)C1. The van der Waals surface area contributed by atoms with E-state index >= 15 is 0 Å². The van der Waals surface area contributed by atoms with Crippen LogP contribution in [0, 0.1) is 0 Å². The van der Waals surface area contributed by atoms with E-state index in [4.69, 9.17) is 0 Å². The van der Waals surface area contributed by atoms with Crippen LogP contribution < -0.4 is 5.32 Å². The van der Waals surface area contributed by atoms with Crippen LogP contribution in [0.1, 0.15) is 38.9 Å². The number of rotatable bonds is 7. The number of nitrogens with zero attached hydrogens (tertiary/aromatic N) is 3. The standard InChI is InChI=1S/C15H24N4O3S2/c1-5-7-19-13(12-6-8-24(21,22)9-12)17-18-15(19)23-11(4)14(20)16-10(2)3/h5,10-12H,1,6-9H2,2-4H3,(H,16,20)/t11-,12-/m0/s1. The van der Waals surface area contributed by atoms with Crippen molar-refractivity contribution in [3.05, 3.63) is 18.5 Å². The van der Waals surface area contributed by atoms with Crippen LogP contribution in [0.25, 0.3) is 0 Å². The highest BCUT2D eigenvalue weighted by atomic mass is 32.2. The number of hydrogen-bond acceptors (Lipinski definition) is 6. The summed E-state index contributed by atoms with van der Waals surface area (Å²) in [5.41, 5.74) is 0. The molecule has 134 valence electrons. The molecule has 0 aliphatic carbocycles. The number of nitrogens with one attached hydrogen (secondary N) is 1. The molecule has 1 aliphatic rings. The average Bonchev–Trinajstić information content (AvgIpc) is 3.02. The Balaban J connectivity index is 2.19. The molecule has 2 atom stereocenters. The van der Waals surface area contributed by atoms with Gasteiger partial charge in [-0.05, 0) is 27.2 Å². The second-order valence-corrected chi connectivity index (χ2v) is 9.80. The predicted octanol–water partition coefficient (Wildman–Crippen LogP) is 1.37. The largest absolute Gasteiger partial charge is 0.353 e. The Morgan fingerprint density at radius 2 is 2.17 bits per heavy atom. The molecule has 0 bridgehead atoms. The maximum atomic E-state index is 12.1. The minimum atomic E-state index is -2.99. The number of sulfone groups is 1. The second-order valence-electron chi connectivity index (χ2n) is 6.26. The molecular formula is C15H24N4O3S2. The molecule has 7 nitrogen and oxygen atoms in total. The van der Waals surface area contributed by atoms with Gasteiger partial charge in [-0.1, -0.05) is 17.8 Å². The van der Waals surface area contributed by atoms with Crippen molar-refractivity contribution in [1.29, 1.82) is 0 Å². The Morgan fingerprint density at radius 3 is 2.71 bits per heavy atom. The first kappa shape index (κ1) is 19.0. The fourth-order valence-corrected chi connectivity index (χ4v) is 5.22. The first-order valence-electron chi connectivity index (χ1n) is 7.95. The molecular weight excluding hydrogens is 348 g/mol. The Kier molecular flexibility index (Phi) is 6.08. The van der Waals surface area contributed by atoms with Crippen molar-refractivity contribution in [1.82, 2.24) is 20.1 Å². The number of carbonyl (C=O) groups excluding carboxylic acids is 1. The summed E-state index contributed by atoms with van der Waals surface area (Å²) in [5, 5.41) is 11.5. The van der Waals surface area contributed by atoms with Crippen LogP contribution in [0.2, 0.25) is 0 Å². The van der Waals surface area contributed by atoms with E-state index in [1.807, 2.05) is 25.3 Å². The third-order valence-electron chi connectivity index (χ3n) is 3.74. The first-order valence-corrected chi connectivity index (χ1v) is 10.6. The van der Waals surface area contributed by atoms with Crippen LogP contribution in [0.5, 0.6) is 0 Å². The molecule has 1 aliphatic heterocycles. The molecule has 1 N–H and O–H groups in total. The average molecular weight is 373 g/mol. The lowest BCUT2D eigenvalue weighted by molar-refractivity contribution is -0.120. The molecule has 1 aromatic heterocycles. The molecule has 2 rings (SSSR count). The highest BCUT2D eigenvalue weighted by Gasteiger charge is 2.33. The van der Waals surface area contributed by atoms with Gasteiger partial charge in [-0.25, -0.2) is 8.42 Å². The third-order valence-corrected chi connectivity index (χ3v) is 6.59. The van der Waals surface area contributed by atoms with Crippen molar-refractivity contribution in [2.45, 2.75) is 56.1 Å². The van der Waals surface area contributed by atoms with Crippen LogP contribution in [-0.4, -0.2) is 51.9 Å². The maximum Gasteiger partial charge on any atom is 0.233 e. The Hall–Kier alpha value is -1.35. The molecule has 24 heavy (non-hydrogen) atoms. The van der Waals surface area contributed by atoms with E-state index in [0.29, 0.717) is 23.9 Å². The smallest absolute Gasteiger partial charge is 0.233 e. The maximum absolute atomic E-state index is 12.1. The van der Waals surface area contributed by atoms with Crippen molar-refractivity contribution in [3.63, 3.8) is 0 Å². The topological polar surface area (TPSA) is 93.9 Å². The molecule has 1 fully saturated rings. The van der Waals surface area contributed by atoms with Gasteiger partial charge >= 0.3 is 0 Å². The van der Waals surface area contributed by atoms with Crippen LogP contribution in [0.4, 0.5) is 0 Å². The van der Waals surface area contributed by atoms with Crippen molar-refractivity contribution in [3.8, 4) is 0 Å². The number of amides is 1. The molecule has 0 unspecified atom stereocenters. The van der Waals surface area contributed by atoms with Crippen molar-refractivity contribution in [2.75, 3.05) is 11.5 Å². The van der Waals surface area contributed by atoms with Crippen LogP contribution in [0.3, 0.4) is 0 Å². The summed E-state index contributed by atoms with van der Waals surface area (Å²) in [6, 6.07) is 0.0749. The van der Waals surface area contributed by atoms with E-state index < -0.39 is 9.84 Å². The highest BCUT2D eigenvalue weighted by Crippen LogP contribution is 2.31. The van der Waals surface area contributed by atoms with Gasteiger partial charge in [-0.15, -0.1) is 16.8 Å². The van der Waals surface area contributed by atoms with Gasteiger partial charge in [-0.2, -0.15) is 0 Å². The molecule has 1 aromatic rings. The van der Waals surface area contributed by atoms with Gasteiger partial charge < -0.3 is 9.88 Å². The van der Waals surface area contributed by atoms with Gasteiger partial charge in [0.2, 0.25) is 5.91 Å². The highest BCUT2D eigenvalue weighted by molar-refractivity contribution is 8.00.